The molecule has 1 aromatic heterocycles. The highest BCUT2D eigenvalue weighted by molar-refractivity contribution is 6.33. The first-order chi connectivity index (χ1) is 7.65. The number of nitrogens with one attached hydrogen (secondary N) is 1. The van der Waals surface area contributed by atoms with Crippen molar-refractivity contribution in [2.24, 2.45) is 0 Å². The maximum atomic E-state index is 11.6. The van der Waals surface area contributed by atoms with Crippen LogP contribution in [0.1, 0.15) is 30.1 Å². The first-order valence-corrected chi connectivity index (χ1v) is 5.58. The monoisotopic (exact) mass is 242 g/mol. The Labute approximate surface area is 99.6 Å². The van der Waals surface area contributed by atoms with Crippen molar-refractivity contribution in [2.45, 2.75) is 25.9 Å². The number of amides is 1. The van der Waals surface area contributed by atoms with Crippen molar-refractivity contribution in [1.29, 1.82) is 0 Å². The molecule has 0 saturated heterocycles. The lowest BCUT2D eigenvalue weighted by Crippen LogP contribution is -2.32. The fourth-order valence-corrected chi connectivity index (χ4v) is 1.51. The predicted molar refractivity (Wildman–Crippen MR) is 62.5 cm³/mol. The average Bonchev–Trinajstić information content (AvgIpc) is 2.27. The molecule has 0 aliphatic heterocycles. The molecule has 5 heteroatoms. The third kappa shape index (κ3) is 3.79. The highest BCUT2D eigenvalue weighted by atomic mass is 35.5. The fraction of sp³-hybridized carbons (Fsp3) is 0.455. The Bertz CT molecular complexity index is 358. The molecule has 1 rings (SSSR count). The van der Waals surface area contributed by atoms with Crippen LogP contribution < -0.4 is 5.32 Å². The van der Waals surface area contributed by atoms with E-state index >= 15 is 0 Å². The molecule has 0 aliphatic rings. The smallest absolute Gasteiger partial charge is 0.252 e. The van der Waals surface area contributed by atoms with Gasteiger partial charge in [-0.1, -0.05) is 24.9 Å². The molecule has 1 amide bonds. The molecular formula is C11H15ClN2O2. The van der Waals surface area contributed by atoms with Gasteiger partial charge >= 0.3 is 0 Å². The number of carbonyl (C=O) groups is 1. The van der Waals surface area contributed by atoms with E-state index in [0.717, 1.165) is 6.42 Å². The SMILES string of the molecule is CCCC(O)CNC(=O)c1ccncc1Cl. The number of aliphatic hydroxyl groups is 1. The Hall–Kier alpha value is -1.13. The molecule has 0 spiro atoms. The number of aliphatic hydroxyl groups excluding tert-OH is 1. The van der Waals surface area contributed by atoms with Gasteiger partial charge in [-0.3, -0.25) is 9.78 Å². The summed E-state index contributed by atoms with van der Waals surface area (Å²) in [5.74, 6) is -0.289. The van der Waals surface area contributed by atoms with E-state index in [1.165, 1.54) is 12.4 Å². The minimum absolute atomic E-state index is 0.241. The lowest BCUT2D eigenvalue weighted by atomic mass is 10.2. The van der Waals surface area contributed by atoms with Crippen LogP contribution >= 0.6 is 11.6 Å². The summed E-state index contributed by atoms with van der Waals surface area (Å²) >= 11 is 5.81. The summed E-state index contributed by atoms with van der Waals surface area (Å²) in [5, 5.41) is 12.4. The molecule has 4 nitrogen and oxygen atoms in total. The van der Waals surface area contributed by atoms with Gasteiger partial charge < -0.3 is 10.4 Å². The van der Waals surface area contributed by atoms with Crippen LogP contribution in [0.25, 0.3) is 0 Å². The van der Waals surface area contributed by atoms with E-state index in [1.54, 1.807) is 6.07 Å². The van der Waals surface area contributed by atoms with Crippen molar-refractivity contribution in [2.75, 3.05) is 6.54 Å². The van der Waals surface area contributed by atoms with E-state index in [2.05, 4.69) is 10.3 Å². The Morgan fingerprint density at radius 2 is 2.44 bits per heavy atom. The van der Waals surface area contributed by atoms with Crippen LogP contribution in [0.5, 0.6) is 0 Å². The Kier molecular flexibility index (Phi) is 5.22. The number of pyridine rings is 1. The second-order valence-corrected chi connectivity index (χ2v) is 3.92. The van der Waals surface area contributed by atoms with Gasteiger partial charge in [0, 0.05) is 18.9 Å². The van der Waals surface area contributed by atoms with Crippen LogP contribution in [0.3, 0.4) is 0 Å². The molecule has 0 aliphatic carbocycles. The molecule has 2 N–H and O–H groups in total. The van der Waals surface area contributed by atoms with Gasteiger partial charge in [0.25, 0.3) is 5.91 Å². The molecule has 1 heterocycles. The van der Waals surface area contributed by atoms with Gasteiger partial charge in [-0.2, -0.15) is 0 Å². The number of rotatable bonds is 5. The standard InChI is InChI=1S/C11H15ClN2O2/c1-2-3-8(15)6-14-11(16)9-4-5-13-7-10(9)12/h4-5,7-8,15H,2-3,6H2,1H3,(H,14,16). The molecular weight excluding hydrogens is 228 g/mol. The zero-order chi connectivity index (χ0) is 12.0. The highest BCUT2D eigenvalue weighted by Crippen LogP contribution is 2.12. The Morgan fingerprint density at radius 1 is 1.69 bits per heavy atom. The summed E-state index contributed by atoms with van der Waals surface area (Å²) in [6.07, 6.45) is 3.97. The van der Waals surface area contributed by atoms with E-state index in [0.29, 0.717) is 17.0 Å². The number of aromatic nitrogens is 1. The van der Waals surface area contributed by atoms with E-state index < -0.39 is 6.10 Å². The summed E-state index contributed by atoms with van der Waals surface area (Å²) in [6.45, 7) is 2.22. The van der Waals surface area contributed by atoms with E-state index in [4.69, 9.17) is 11.6 Å². The molecule has 0 bridgehead atoms. The maximum Gasteiger partial charge on any atom is 0.252 e. The van der Waals surface area contributed by atoms with Crippen molar-refractivity contribution in [3.05, 3.63) is 29.0 Å². The van der Waals surface area contributed by atoms with Crippen LogP contribution in [0.15, 0.2) is 18.5 Å². The Balaban J connectivity index is 2.50. The summed E-state index contributed by atoms with van der Waals surface area (Å²) in [4.78, 5) is 15.4. The van der Waals surface area contributed by atoms with Crippen LogP contribution in [0.4, 0.5) is 0 Å². The second kappa shape index (κ2) is 6.45. The van der Waals surface area contributed by atoms with E-state index in [1.807, 2.05) is 6.92 Å². The van der Waals surface area contributed by atoms with Crippen LogP contribution in [0.2, 0.25) is 5.02 Å². The third-order valence-electron chi connectivity index (χ3n) is 2.14. The topological polar surface area (TPSA) is 62.2 Å². The quantitative estimate of drug-likeness (QED) is 0.825. The summed E-state index contributed by atoms with van der Waals surface area (Å²) < 4.78 is 0. The van der Waals surface area contributed by atoms with Crippen LogP contribution in [-0.2, 0) is 0 Å². The van der Waals surface area contributed by atoms with Crippen molar-refractivity contribution >= 4 is 17.5 Å². The molecule has 0 aromatic carbocycles. The molecule has 16 heavy (non-hydrogen) atoms. The first-order valence-electron chi connectivity index (χ1n) is 5.21. The zero-order valence-electron chi connectivity index (χ0n) is 9.11. The molecule has 1 atom stereocenters. The van der Waals surface area contributed by atoms with Gasteiger partial charge in [-0.15, -0.1) is 0 Å². The van der Waals surface area contributed by atoms with Crippen molar-refractivity contribution in [1.82, 2.24) is 10.3 Å². The molecule has 1 unspecified atom stereocenters. The minimum Gasteiger partial charge on any atom is -0.391 e. The van der Waals surface area contributed by atoms with Gasteiger partial charge in [-0.05, 0) is 12.5 Å². The van der Waals surface area contributed by atoms with Gasteiger partial charge in [0.15, 0.2) is 0 Å². The van der Waals surface area contributed by atoms with Crippen LogP contribution in [0, 0.1) is 0 Å². The maximum absolute atomic E-state index is 11.6. The van der Waals surface area contributed by atoms with Crippen LogP contribution in [-0.4, -0.2) is 28.6 Å². The Morgan fingerprint density at radius 3 is 3.06 bits per heavy atom. The lowest BCUT2D eigenvalue weighted by Gasteiger charge is -2.11. The molecule has 0 radical (unpaired) electrons. The van der Waals surface area contributed by atoms with Gasteiger partial charge in [0.1, 0.15) is 0 Å². The fourth-order valence-electron chi connectivity index (χ4n) is 1.30. The number of carbonyl (C=O) groups excluding carboxylic acids is 1. The van der Waals surface area contributed by atoms with Crippen molar-refractivity contribution in [3.8, 4) is 0 Å². The first kappa shape index (κ1) is 12.9. The number of hydrogen-bond acceptors (Lipinski definition) is 3. The molecule has 0 fully saturated rings. The minimum atomic E-state index is -0.505. The summed E-state index contributed by atoms with van der Waals surface area (Å²) in [5.41, 5.74) is 0.375. The van der Waals surface area contributed by atoms with E-state index in [-0.39, 0.29) is 12.5 Å². The number of hydrogen-bond donors (Lipinski definition) is 2. The third-order valence-corrected chi connectivity index (χ3v) is 2.44. The van der Waals surface area contributed by atoms with Gasteiger partial charge in [0.2, 0.25) is 0 Å². The second-order valence-electron chi connectivity index (χ2n) is 3.51. The number of nitrogens with zero attached hydrogens (tertiary/aromatic N) is 1. The average molecular weight is 243 g/mol. The zero-order valence-corrected chi connectivity index (χ0v) is 9.87. The van der Waals surface area contributed by atoms with Crippen molar-refractivity contribution in [3.63, 3.8) is 0 Å². The summed E-state index contributed by atoms with van der Waals surface area (Å²) in [7, 11) is 0. The summed E-state index contributed by atoms with van der Waals surface area (Å²) in [6, 6.07) is 1.55. The van der Waals surface area contributed by atoms with E-state index in [9.17, 15) is 9.90 Å². The van der Waals surface area contributed by atoms with Gasteiger partial charge in [0.05, 0.1) is 16.7 Å². The highest BCUT2D eigenvalue weighted by Gasteiger charge is 2.11. The molecule has 1 aromatic rings. The normalized spacial score (nSPS) is 12.2. The van der Waals surface area contributed by atoms with Crippen molar-refractivity contribution < 1.29 is 9.90 Å². The molecule has 0 saturated carbocycles. The largest absolute Gasteiger partial charge is 0.391 e. The number of halogens is 1. The molecule has 88 valence electrons. The lowest BCUT2D eigenvalue weighted by molar-refractivity contribution is 0.0910. The van der Waals surface area contributed by atoms with Gasteiger partial charge in [-0.25, -0.2) is 0 Å². The predicted octanol–water partition coefficient (Wildman–Crippen LogP) is 1.63.